The van der Waals surface area contributed by atoms with E-state index in [2.05, 4.69) is 15.5 Å². The van der Waals surface area contributed by atoms with Crippen molar-refractivity contribution in [2.45, 2.75) is 45.6 Å². The largest absolute Gasteiger partial charge is 0.375 e. The molecule has 1 aromatic rings. The monoisotopic (exact) mass is 223 g/mol. The highest BCUT2D eigenvalue weighted by molar-refractivity contribution is 4.82. The second-order valence-corrected chi connectivity index (χ2v) is 4.28. The SMILES string of the molecule is C[CH]OCCc1nnnn1CC1CCCC1. The van der Waals surface area contributed by atoms with E-state index in [1.165, 1.54) is 25.7 Å². The van der Waals surface area contributed by atoms with Gasteiger partial charge in [0.2, 0.25) is 0 Å². The molecule has 1 fully saturated rings. The number of rotatable bonds is 6. The predicted octanol–water partition coefficient (Wildman–Crippen LogP) is 1.60. The fraction of sp³-hybridized carbons (Fsp3) is 0.818. The van der Waals surface area contributed by atoms with Gasteiger partial charge in [0.05, 0.1) is 13.2 Å². The smallest absolute Gasteiger partial charge is 0.153 e. The van der Waals surface area contributed by atoms with Crippen molar-refractivity contribution in [2.75, 3.05) is 6.61 Å². The Morgan fingerprint density at radius 1 is 1.44 bits per heavy atom. The van der Waals surface area contributed by atoms with Crippen LogP contribution in [0.25, 0.3) is 0 Å². The summed E-state index contributed by atoms with van der Waals surface area (Å²) in [6.07, 6.45) is 6.13. The van der Waals surface area contributed by atoms with E-state index in [4.69, 9.17) is 4.74 Å². The highest BCUT2D eigenvalue weighted by atomic mass is 16.5. The molecule has 0 atom stereocenters. The Hall–Kier alpha value is -0.970. The summed E-state index contributed by atoms with van der Waals surface area (Å²) >= 11 is 0. The van der Waals surface area contributed by atoms with E-state index in [0.29, 0.717) is 6.61 Å². The van der Waals surface area contributed by atoms with E-state index in [1.54, 1.807) is 6.61 Å². The maximum atomic E-state index is 5.20. The molecule has 0 aromatic carbocycles. The number of ether oxygens (including phenoxy) is 1. The van der Waals surface area contributed by atoms with Crippen molar-refractivity contribution in [2.24, 2.45) is 5.92 Å². The van der Waals surface area contributed by atoms with E-state index >= 15 is 0 Å². The van der Waals surface area contributed by atoms with Crippen LogP contribution < -0.4 is 0 Å². The number of nitrogens with zero attached hydrogens (tertiary/aromatic N) is 4. The zero-order valence-electron chi connectivity index (χ0n) is 9.80. The van der Waals surface area contributed by atoms with Gasteiger partial charge in [0.25, 0.3) is 0 Å². The molecule has 5 nitrogen and oxygen atoms in total. The summed E-state index contributed by atoms with van der Waals surface area (Å²) < 4.78 is 7.14. The number of aromatic nitrogens is 4. The Bertz CT molecular complexity index is 307. The molecule has 1 aliphatic rings. The highest BCUT2D eigenvalue weighted by Gasteiger charge is 2.17. The molecule has 1 saturated carbocycles. The zero-order chi connectivity index (χ0) is 11.2. The molecule has 1 aromatic heterocycles. The fourth-order valence-electron chi connectivity index (χ4n) is 2.25. The molecule has 0 amide bonds. The Kier molecular flexibility index (Phi) is 4.27. The molecule has 2 rings (SSSR count). The van der Waals surface area contributed by atoms with Crippen molar-refractivity contribution in [3.8, 4) is 0 Å². The molecule has 89 valence electrons. The third kappa shape index (κ3) is 3.01. The standard InChI is InChI=1S/C11H19N4O/c1-2-16-8-7-11-12-13-14-15(11)9-10-5-3-4-6-10/h2,10H,3-9H2,1H3. The molecule has 0 saturated heterocycles. The average Bonchev–Trinajstić information content (AvgIpc) is 2.92. The lowest BCUT2D eigenvalue weighted by atomic mass is 10.1. The Morgan fingerprint density at radius 2 is 2.25 bits per heavy atom. The van der Waals surface area contributed by atoms with Crippen molar-refractivity contribution in [3.05, 3.63) is 12.4 Å². The third-order valence-electron chi connectivity index (χ3n) is 3.12. The van der Waals surface area contributed by atoms with E-state index < -0.39 is 0 Å². The van der Waals surface area contributed by atoms with E-state index in [-0.39, 0.29) is 0 Å². The molecule has 0 aliphatic heterocycles. The van der Waals surface area contributed by atoms with Crippen molar-refractivity contribution in [3.63, 3.8) is 0 Å². The van der Waals surface area contributed by atoms with Crippen LogP contribution in [0.2, 0.25) is 0 Å². The van der Waals surface area contributed by atoms with Crippen molar-refractivity contribution < 1.29 is 4.74 Å². The molecule has 1 radical (unpaired) electrons. The minimum Gasteiger partial charge on any atom is -0.375 e. The van der Waals surface area contributed by atoms with Gasteiger partial charge in [0, 0.05) is 13.0 Å². The average molecular weight is 223 g/mol. The molecule has 1 aliphatic carbocycles. The minimum atomic E-state index is 0.654. The van der Waals surface area contributed by atoms with Crippen LogP contribution in [-0.2, 0) is 17.7 Å². The summed E-state index contributed by atoms with van der Waals surface area (Å²) in [4.78, 5) is 0. The fourth-order valence-corrected chi connectivity index (χ4v) is 2.25. The van der Waals surface area contributed by atoms with Gasteiger partial charge in [-0.15, -0.1) is 5.10 Å². The molecule has 5 heteroatoms. The normalized spacial score (nSPS) is 17.1. The van der Waals surface area contributed by atoms with E-state index in [0.717, 1.165) is 24.7 Å². The maximum Gasteiger partial charge on any atom is 0.153 e. The zero-order valence-corrected chi connectivity index (χ0v) is 9.80. The second kappa shape index (κ2) is 5.94. The lowest BCUT2D eigenvalue weighted by molar-refractivity contribution is 0.204. The maximum absolute atomic E-state index is 5.20. The van der Waals surface area contributed by atoms with E-state index in [9.17, 15) is 0 Å². The molecule has 0 spiro atoms. The van der Waals surface area contributed by atoms with Gasteiger partial charge in [-0.2, -0.15) is 0 Å². The molecule has 16 heavy (non-hydrogen) atoms. The number of tetrazole rings is 1. The predicted molar refractivity (Wildman–Crippen MR) is 59.4 cm³/mol. The van der Waals surface area contributed by atoms with E-state index in [1.807, 2.05) is 11.6 Å². The lowest BCUT2D eigenvalue weighted by Gasteiger charge is -2.09. The van der Waals surface area contributed by atoms with Gasteiger partial charge in [-0.1, -0.05) is 12.8 Å². The first-order chi connectivity index (χ1) is 7.90. The molecule has 0 unspecified atom stereocenters. The van der Waals surface area contributed by atoms with Gasteiger partial charge in [-0.3, -0.25) is 0 Å². The summed E-state index contributed by atoms with van der Waals surface area (Å²) in [6, 6.07) is 0. The molecular weight excluding hydrogens is 204 g/mol. The van der Waals surface area contributed by atoms with Crippen molar-refractivity contribution in [1.29, 1.82) is 0 Å². The molecule has 1 heterocycles. The van der Waals surface area contributed by atoms with Crippen LogP contribution in [-0.4, -0.2) is 26.8 Å². The van der Waals surface area contributed by atoms with Crippen molar-refractivity contribution >= 4 is 0 Å². The Balaban J connectivity index is 1.85. The first-order valence-corrected chi connectivity index (χ1v) is 6.04. The molecular formula is C11H19N4O. The third-order valence-corrected chi connectivity index (χ3v) is 3.12. The van der Waals surface area contributed by atoms with Crippen LogP contribution in [0.5, 0.6) is 0 Å². The first-order valence-electron chi connectivity index (χ1n) is 6.04. The van der Waals surface area contributed by atoms with Crippen LogP contribution in [0.1, 0.15) is 38.4 Å². The summed E-state index contributed by atoms with van der Waals surface area (Å²) in [6.45, 7) is 5.20. The highest BCUT2D eigenvalue weighted by Crippen LogP contribution is 2.25. The van der Waals surface area contributed by atoms with Crippen LogP contribution >= 0.6 is 0 Å². The Morgan fingerprint density at radius 3 is 3.00 bits per heavy atom. The second-order valence-electron chi connectivity index (χ2n) is 4.28. The van der Waals surface area contributed by atoms with Crippen LogP contribution in [0, 0.1) is 12.5 Å². The summed E-state index contributed by atoms with van der Waals surface area (Å²) in [5.41, 5.74) is 0. The molecule has 0 bridgehead atoms. The minimum absolute atomic E-state index is 0.654. The molecule has 0 N–H and O–H groups in total. The number of hydrogen-bond acceptors (Lipinski definition) is 4. The van der Waals surface area contributed by atoms with Gasteiger partial charge < -0.3 is 4.74 Å². The van der Waals surface area contributed by atoms with Gasteiger partial charge in [-0.05, 0) is 36.1 Å². The van der Waals surface area contributed by atoms with Crippen LogP contribution in [0.4, 0.5) is 0 Å². The first kappa shape index (κ1) is 11.5. The van der Waals surface area contributed by atoms with Gasteiger partial charge >= 0.3 is 0 Å². The Labute approximate surface area is 96.2 Å². The van der Waals surface area contributed by atoms with Crippen LogP contribution in [0.3, 0.4) is 0 Å². The summed E-state index contributed by atoms with van der Waals surface area (Å²) in [5, 5.41) is 11.8. The quantitative estimate of drug-likeness (QED) is 0.687. The van der Waals surface area contributed by atoms with Crippen LogP contribution in [0.15, 0.2) is 0 Å². The van der Waals surface area contributed by atoms with Crippen molar-refractivity contribution in [1.82, 2.24) is 20.2 Å². The number of hydrogen-bond donors (Lipinski definition) is 0. The summed E-state index contributed by atoms with van der Waals surface area (Å²) in [5.74, 6) is 1.70. The lowest BCUT2D eigenvalue weighted by Crippen LogP contribution is -2.13. The van der Waals surface area contributed by atoms with Gasteiger partial charge in [-0.25, -0.2) is 4.68 Å². The van der Waals surface area contributed by atoms with Gasteiger partial charge in [0.15, 0.2) is 5.82 Å². The summed E-state index contributed by atoms with van der Waals surface area (Å²) in [7, 11) is 0. The topological polar surface area (TPSA) is 52.8 Å². The van der Waals surface area contributed by atoms with Gasteiger partial charge in [0.1, 0.15) is 0 Å².